The second kappa shape index (κ2) is 7.29. The van der Waals surface area contributed by atoms with Crippen molar-refractivity contribution in [3.63, 3.8) is 0 Å². The summed E-state index contributed by atoms with van der Waals surface area (Å²) in [6.07, 6.45) is 2.94. The summed E-state index contributed by atoms with van der Waals surface area (Å²) < 4.78 is 7.44. The maximum atomic E-state index is 12.2. The van der Waals surface area contributed by atoms with E-state index in [4.69, 9.17) is 14.6 Å². The number of aromatic nitrogens is 4. The van der Waals surface area contributed by atoms with Crippen LogP contribution < -0.4 is 4.74 Å². The molecule has 3 heterocycles. The van der Waals surface area contributed by atoms with Crippen LogP contribution in [-0.4, -0.2) is 62.3 Å². The lowest BCUT2D eigenvalue weighted by Gasteiger charge is -2.51. The first-order chi connectivity index (χ1) is 12.2. The van der Waals surface area contributed by atoms with Crippen LogP contribution in [0, 0.1) is 5.41 Å². The fourth-order valence-electron chi connectivity index (χ4n) is 3.27. The van der Waals surface area contributed by atoms with Gasteiger partial charge in [0.1, 0.15) is 12.1 Å². The Bertz CT molecular complexity index is 728. The summed E-state index contributed by atoms with van der Waals surface area (Å²) in [5.41, 5.74) is 1.34. The molecule has 0 unspecified atom stereocenters. The van der Waals surface area contributed by atoms with E-state index in [1.54, 1.807) is 4.68 Å². The molecule has 9 nitrogen and oxygen atoms in total. The lowest BCUT2D eigenvalue weighted by molar-refractivity contribution is -0.146. The van der Waals surface area contributed by atoms with Gasteiger partial charge in [0.05, 0.1) is 13.2 Å². The molecule has 1 aromatic heterocycles. The number of rotatable bonds is 3. The fraction of sp³-hybridized carbons (Fsp3) is 0.438. The number of carboxylic acid groups (broad SMARTS) is 1. The zero-order chi connectivity index (χ0) is 17.7. The Kier molecular flexibility index (Phi) is 4.92. The molecule has 2 aliphatic heterocycles. The van der Waals surface area contributed by atoms with Gasteiger partial charge in [-0.25, -0.2) is 4.68 Å². The van der Waals surface area contributed by atoms with Crippen LogP contribution in [0.5, 0.6) is 5.75 Å². The number of hydrogen-bond donors (Lipinski definition) is 1. The average molecular weight is 345 g/mol. The number of ether oxygens (including phenoxy) is 1. The number of nitrogens with zero attached hydrogens (tertiary/aromatic N) is 5. The molecule has 25 heavy (non-hydrogen) atoms. The number of fused-ring (bicyclic) bond motifs is 1. The van der Waals surface area contributed by atoms with Crippen molar-refractivity contribution in [2.45, 2.75) is 19.4 Å². The summed E-state index contributed by atoms with van der Waals surface area (Å²) in [7, 11) is 0. The Hall–Kier alpha value is -2.97. The van der Waals surface area contributed by atoms with Crippen LogP contribution >= 0.6 is 0 Å². The minimum atomic E-state index is -0.250. The number of amides is 1. The average Bonchev–Trinajstić information content (AvgIpc) is 3.11. The molecule has 0 aliphatic carbocycles. The van der Waals surface area contributed by atoms with E-state index >= 15 is 0 Å². The molecule has 9 heteroatoms. The van der Waals surface area contributed by atoms with Gasteiger partial charge in [-0.15, -0.1) is 5.10 Å². The second-order valence-corrected chi connectivity index (χ2v) is 6.25. The summed E-state index contributed by atoms with van der Waals surface area (Å²) >= 11 is 0. The monoisotopic (exact) mass is 345 g/mol. The van der Waals surface area contributed by atoms with E-state index in [9.17, 15) is 4.79 Å². The Morgan fingerprint density at radius 3 is 2.84 bits per heavy atom. The molecule has 2 aliphatic rings. The third-order valence-electron chi connectivity index (χ3n) is 4.42. The lowest BCUT2D eigenvalue weighted by Crippen LogP contribution is -2.62. The van der Waals surface area contributed by atoms with Gasteiger partial charge >= 0.3 is 0 Å². The van der Waals surface area contributed by atoms with Crippen LogP contribution in [0.1, 0.15) is 12.0 Å². The molecule has 1 spiro atoms. The highest BCUT2D eigenvalue weighted by molar-refractivity contribution is 5.77. The van der Waals surface area contributed by atoms with Gasteiger partial charge in [-0.3, -0.25) is 9.59 Å². The molecule has 1 saturated heterocycles. The van der Waals surface area contributed by atoms with Gasteiger partial charge in [0.15, 0.2) is 0 Å². The molecule has 2 aromatic rings. The van der Waals surface area contributed by atoms with Gasteiger partial charge < -0.3 is 14.7 Å². The molecule has 0 bridgehead atoms. The summed E-state index contributed by atoms with van der Waals surface area (Å²) in [4.78, 5) is 22.5. The Labute approximate surface area is 144 Å². The lowest BCUT2D eigenvalue weighted by atomic mass is 9.74. The molecular formula is C16H19N5O4. The van der Waals surface area contributed by atoms with E-state index in [2.05, 4.69) is 21.6 Å². The highest BCUT2D eigenvalue weighted by Crippen LogP contribution is 2.41. The summed E-state index contributed by atoms with van der Waals surface area (Å²) in [6.45, 7) is 2.51. The second-order valence-electron chi connectivity index (χ2n) is 6.25. The number of carbonyl (C=O) groups is 2. The van der Waals surface area contributed by atoms with Crippen molar-refractivity contribution < 1.29 is 19.4 Å². The molecule has 0 radical (unpaired) electrons. The van der Waals surface area contributed by atoms with Crippen LogP contribution in [0.3, 0.4) is 0 Å². The van der Waals surface area contributed by atoms with Crippen LogP contribution in [0.15, 0.2) is 30.6 Å². The normalized spacial score (nSPS) is 16.7. The largest absolute Gasteiger partial charge is 0.493 e. The van der Waals surface area contributed by atoms with Gasteiger partial charge in [0.2, 0.25) is 5.91 Å². The van der Waals surface area contributed by atoms with Crippen LogP contribution in [0.2, 0.25) is 0 Å². The Morgan fingerprint density at radius 1 is 1.36 bits per heavy atom. The molecule has 1 N–H and O–H groups in total. The Balaban J connectivity index is 0.000000569. The van der Waals surface area contributed by atoms with Crippen molar-refractivity contribution in [3.05, 3.63) is 36.2 Å². The SMILES string of the molecule is O=C(CCn1cnnn1)N1CC2(COc3ccccc3C2)C1.O=CO. The quantitative estimate of drug-likeness (QED) is 0.793. The van der Waals surface area contributed by atoms with Crippen molar-refractivity contribution in [2.75, 3.05) is 19.7 Å². The number of aryl methyl sites for hydroxylation is 1. The molecule has 0 saturated carbocycles. The van der Waals surface area contributed by atoms with Crippen LogP contribution in [0.25, 0.3) is 0 Å². The van der Waals surface area contributed by atoms with Crippen LogP contribution in [-0.2, 0) is 22.6 Å². The zero-order valence-electron chi connectivity index (χ0n) is 13.6. The maximum absolute atomic E-state index is 12.2. The molecular weight excluding hydrogens is 326 g/mol. The topological polar surface area (TPSA) is 110 Å². The van der Waals surface area contributed by atoms with E-state index in [0.717, 1.165) is 25.3 Å². The van der Waals surface area contributed by atoms with E-state index in [1.165, 1.54) is 11.9 Å². The number of hydrogen-bond acceptors (Lipinski definition) is 6. The fourth-order valence-corrected chi connectivity index (χ4v) is 3.27. The smallest absolute Gasteiger partial charge is 0.290 e. The first-order valence-electron chi connectivity index (χ1n) is 7.93. The molecule has 4 rings (SSSR count). The van der Waals surface area contributed by atoms with E-state index in [0.29, 0.717) is 19.6 Å². The number of tetrazole rings is 1. The highest BCUT2D eigenvalue weighted by Gasteiger charge is 2.47. The minimum absolute atomic E-state index is 0.0961. The molecule has 1 aromatic carbocycles. The molecule has 1 amide bonds. The van der Waals surface area contributed by atoms with Gasteiger partial charge in [0.25, 0.3) is 6.47 Å². The van der Waals surface area contributed by atoms with Gasteiger partial charge in [-0.2, -0.15) is 0 Å². The standard InChI is InChI=1S/C15H17N5O2.CH2O2/c21-14(5-6-20-11-16-17-18-20)19-8-15(9-19)7-12-3-1-2-4-13(12)22-10-15;2-1-3/h1-4,11H,5-10H2;1H,(H,2,3). The predicted octanol–water partition coefficient (Wildman–Crippen LogP) is 0.228. The first kappa shape index (κ1) is 16.9. The number of benzene rings is 1. The molecule has 0 atom stereocenters. The van der Waals surface area contributed by atoms with Crippen molar-refractivity contribution in [2.24, 2.45) is 5.41 Å². The van der Waals surface area contributed by atoms with Crippen molar-refractivity contribution in [1.29, 1.82) is 0 Å². The number of carbonyl (C=O) groups excluding carboxylic acids is 1. The minimum Gasteiger partial charge on any atom is -0.493 e. The van der Waals surface area contributed by atoms with Crippen molar-refractivity contribution in [3.8, 4) is 5.75 Å². The summed E-state index contributed by atoms with van der Waals surface area (Å²) in [5.74, 6) is 1.14. The molecule has 1 fully saturated rings. The highest BCUT2D eigenvalue weighted by atomic mass is 16.5. The van der Waals surface area contributed by atoms with Gasteiger partial charge in [-0.05, 0) is 28.5 Å². The van der Waals surface area contributed by atoms with Crippen molar-refractivity contribution >= 4 is 12.4 Å². The van der Waals surface area contributed by atoms with Gasteiger partial charge in [-0.1, -0.05) is 18.2 Å². The predicted molar refractivity (Wildman–Crippen MR) is 85.8 cm³/mol. The first-order valence-corrected chi connectivity index (χ1v) is 7.93. The third kappa shape index (κ3) is 3.76. The van der Waals surface area contributed by atoms with Crippen molar-refractivity contribution in [1.82, 2.24) is 25.1 Å². The van der Waals surface area contributed by atoms with E-state index in [1.807, 2.05) is 23.1 Å². The molecule has 132 valence electrons. The number of para-hydroxylation sites is 1. The van der Waals surface area contributed by atoms with E-state index < -0.39 is 0 Å². The summed E-state index contributed by atoms with van der Waals surface area (Å²) in [6, 6.07) is 8.15. The van der Waals surface area contributed by atoms with Gasteiger partial charge in [0, 0.05) is 24.9 Å². The Morgan fingerprint density at radius 2 is 2.12 bits per heavy atom. The van der Waals surface area contributed by atoms with E-state index in [-0.39, 0.29) is 17.8 Å². The third-order valence-corrected chi connectivity index (χ3v) is 4.42. The zero-order valence-corrected chi connectivity index (χ0v) is 13.6. The number of likely N-dealkylation sites (tertiary alicyclic amines) is 1. The summed E-state index contributed by atoms with van der Waals surface area (Å²) in [5, 5.41) is 17.8. The maximum Gasteiger partial charge on any atom is 0.290 e. The van der Waals surface area contributed by atoms with Crippen LogP contribution in [0.4, 0.5) is 0 Å².